The van der Waals surface area contributed by atoms with Crippen molar-refractivity contribution >= 4 is 11.7 Å². The number of aromatic amines is 1. The Morgan fingerprint density at radius 1 is 1.15 bits per heavy atom. The fourth-order valence-electron chi connectivity index (χ4n) is 4.85. The molecule has 2 fully saturated rings. The number of aromatic nitrogens is 3. The van der Waals surface area contributed by atoms with E-state index in [1.807, 2.05) is 23.2 Å². The number of rotatable bonds is 2. The Bertz CT molecular complexity index is 827. The molecule has 7 nitrogen and oxygen atoms in total. The van der Waals surface area contributed by atoms with E-state index in [2.05, 4.69) is 20.1 Å². The van der Waals surface area contributed by atoms with E-state index in [-0.39, 0.29) is 11.3 Å². The summed E-state index contributed by atoms with van der Waals surface area (Å²) in [6.45, 7) is 4.74. The van der Waals surface area contributed by atoms with Crippen LogP contribution in [-0.4, -0.2) is 65.4 Å². The van der Waals surface area contributed by atoms with Crippen LogP contribution in [0.1, 0.15) is 40.9 Å². The standard InChI is InChI=1S/C20H25N5O2/c26-19(16-2-3-17(21-12-16)24-8-10-27-11-9-24)25-7-1-5-20(14-25)6-4-15-13-22-23-18(15)20/h2-3,12-13H,1,4-11,14H2,(H,22,23). The number of piperidine rings is 1. The molecule has 1 amide bonds. The number of anilines is 1. The van der Waals surface area contributed by atoms with Gasteiger partial charge in [0.05, 0.1) is 25.0 Å². The molecule has 142 valence electrons. The Morgan fingerprint density at radius 2 is 2.04 bits per heavy atom. The number of ether oxygens (including phenoxy) is 1. The molecule has 27 heavy (non-hydrogen) atoms. The zero-order valence-electron chi connectivity index (χ0n) is 15.5. The topological polar surface area (TPSA) is 74.4 Å². The molecule has 2 aromatic rings. The monoisotopic (exact) mass is 367 g/mol. The maximum Gasteiger partial charge on any atom is 0.255 e. The number of fused-ring (bicyclic) bond motifs is 2. The number of nitrogens with one attached hydrogen (secondary N) is 1. The average Bonchev–Trinajstić information content (AvgIpc) is 3.33. The van der Waals surface area contributed by atoms with Crippen LogP contribution in [0.15, 0.2) is 24.5 Å². The second kappa shape index (κ2) is 6.64. The van der Waals surface area contributed by atoms with E-state index in [1.54, 1.807) is 6.20 Å². The summed E-state index contributed by atoms with van der Waals surface area (Å²) in [5.74, 6) is 1.01. The Labute approximate surface area is 158 Å². The summed E-state index contributed by atoms with van der Waals surface area (Å²) >= 11 is 0. The lowest BCUT2D eigenvalue weighted by molar-refractivity contribution is 0.0632. The minimum atomic E-state index is 0.0565. The highest BCUT2D eigenvalue weighted by Crippen LogP contribution is 2.44. The maximum atomic E-state index is 13.1. The van der Waals surface area contributed by atoms with Crippen molar-refractivity contribution in [3.63, 3.8) is 0 Å². The average molecular weight is 367 g/mol. The van der Waals surface area contributed by atoms with Crippen LogP contribution in [-0.2, 0) is 16.6 Å². The summed E-state index contributed by atoms with van der Waals surface area (Å²) < 4.78 is 5.39. The van der Waals surface area contributed by atoms with Gasteiger partial charge in [0.25, 0.3) is 5.91 Å². The van der Waals surface area contributed by atoms with Gasteiger partial charge in [0.15, 0.2) is 0 Å². The van der Waals surface area contributed by atoms with Crippen molar-refractivity contribution in [3.05, 3.63) is 41.3 Å². The lowest BCUT2D eigenvalue weighted by Crippen LogP contribution is -2.47. The Hall–Kier alpha value is -2.41. The van der Waals surface area contributed by atoms with Gasteiger partial charge in [-0.3, -0.25) is 9.89 Å². The molecule has 1 spiro atoms. The van der Waals surface area contributed by atoms with Crippen LogP contribution in [0.2, 0.25) is 0 Å². The predicted octanol–water partition coefficient (Wildman–Crippen LogP) is 1.76. The summed E-state index contributed by atoms with van der Waals surface area (Å²) in [7, 11) is 0. The molecule has 5 rings (SSSR count). The highest BCUT2D eigenvalue weighted by atomic mass is 16.5. The summed E-state index contributed by atoms with van der Waals surface area (Å²) in [6.07, 6.45) is 7.99. The fourth-order valence-corrected chi connectivity index (χ4v) is 4.85. The molecule has 0 bridgehead atoms. The predicted molar refractivity (Wildman–Crippen MR) is 101 cm³/mol. The molecule has 7 heteroatoms. The molecular weight excluding hydrogens is 342 g/mol. The molecule has 2 aliphatic heterocycles. The van der Waals surface area contributed by atoms with Crippen LogP contribution in [0.3, 0.4) is 0 Å². The minimum Gasteiger partial charge on any atom is -0.378 e. The molecule has 3 aliphatic rings. The van der Waals surface area contributed by atoms with Gasteiger partial charge in [-0.15, -0.1) is 0 Å². The van der Waals surface area contributed by atoms with Crippen LogP contribution < -0.4 is 4.90 Å². The van der Waals surface area contributed by atoms with Crippen molar-refractivity contribution in [2.24, 2.45) is 0 Å². The minimum absolute atomic E-state index is 0.0565. The van der Waals surface area contributed by atoms with Gasteiger partial charge in [-0.1, -0.05) is 0 Å². The van der Waals surface area contributed by atoms with Crippen molar-refractivity contribution < 1.29 is 9.53 Å². The lowest BCUT2D eigenvalue weighted by atomic mass is 9.77. The van der Waals surface area contributed by atoms with Gasteiger partial charge < -0.3 is 14.5 Å². The first kappa shape index (κ1) is 16.7. The van der Waals surface area contributed by atoms with Gasteiger partial charge >= 0.3 is 0 Å². The number of hydrogen-bond donors (Lipinski definition) is 1. The maximum absolute atomic E-state index is 13.1. The number of morpholine rings is 1. The van der Waals surface area contributed by atoms with Gasteiger partial charge in [0.2, 0.25) is 0 Å². The van der Waals surface area contributed by atoms with Gasteiger partial charge in [0, 0.05) is 43.5 Å². The third-order valence-corrected chi connectivity index (χ3v) is 6.32. The van der Waals surface area contributed by atoms with Crippen LogP contribution in [0.25, 0.3) is 0 Å². The number of carbonyl (C=O) groups excluding carboxylic acids is 1. The number of likely N-dealkylation sites (tertiary alicyclic amines) is 1. The number of amides is 1. The SMILES string of the molecule is O=C(c1ccc(N2CCOCC2)nc1)N1CCCC2(CCc3cn[nH]c32)C1. The quantitative estimate of drug-likeness (QED) is 0.876. The van der Waals surface area contributed by atoms with Crippen LogP contribution in [0.4, 0.5) is 5.82 Å². The summed E-state index contributed by atoms with van der Waals surface area (Å²) in [5, 5.41) is 7.43. The molecule has 2 saturated heterocycles. The number of nitrogens with zero attached hydrogens (tertiary/aromatic N) is 4. The van der Waals surface area contributed by atoms with E-state index >= 15 is 0 Å². The normalized spacial score (nSPS) is 25.0. The molecule has 1 aliphatic carbocycles. The largest absolute Gasteiger partial charge is 0.378 e. The fraction of sp³-hybridized carbons (Fsp3) is 0.550. The van der Waals surface area contributed by atoms with Gasteiger partial charge in [0.1, 0.15) is 5.82 Å². The van der Waals surface area contributed by atoms with Gasteiger partial charge in [-0.05, 0) is 43.4 Å². The summed E-state index contributed by atoms with van der Waals surface area (Å²) in [5.41, 5.74) is 3.30. The third kappa shape index (κ3) is 2.90. The molecule has 0 saturated carbocycles. The van der Waals surface area contributed by atoms with E-state index in [0.29, 0.717) is 5.56 Å². The number of H-pyrrole nitrogens is 1. The van der Waals surface area contributed by atoms with Crippen molar-refractivity contribution in [1.29, 1.82) is 0 Å². The molecule has 1 N–H and O–H groups in total. The van der Waals surface area contributed by atoms with Crippen LogP contribution in [0.5, 0.6) is 0 Å². The Balaban J connectivity index is 1.32. The van der Waals surface area contributed by atoms with E-state index in [9.17, 15) is 4.79 Å². The highest BCUT2D eigenvalue weighted by Gasteiger charge is 2.44. The molecule has 1 atom stereocenters. The third-order valence-electron chi connectivity index (χ3n) is 6.32. The summed E-state index contributed by atoms with van der Waals surface area (Å²) in [4.78, 5) is 21.9. The summed E-state index contributed by atoms with van der Waals surface area (Å²) in [6, 6.07) is 3.87. The second-order valence-electron chi connectivity index (χ2n) is 7.89. The molecule has 1 unspecified atom stereocenters. The van der Waals surface area contributed by atoms with Gasteiger partial charge in [-0.25, -0.2) is 4.98 Å². The highest BCUT2D eigenvalue weighted by molar-refractivity contribution is 5.94. The first-order valence-corrected chi connectivity index (χ1v) is 9.86. The smallest absolute Gasteiger partial charge is 0.255 e. The van der Waals surface area contributed by atoms with Crippen LogP contribution >= 0.6 is 0 Å². The molecule has 2 aromatic heterocycles. The zero-order valence-corrected chi connectivity index (χ0v) is 15.5. The van der Waals surface area contributed by atoms with Crippen molar-refractivity contribution in [3.8, 4) is 0 Å². The molecule has 0 aromatic carbocycles. The van der Waals surface area contributed by atoms with Crippen molar-refractivity contribution in [1.82, 2.24) is 20.1 Å². The van der Waals surface area contributed by atoms with Crippen LogP contribution in [0, 0.1) is 0 Å². The van der Waals surface area contributed by atoms with E-state index < -0.39 is 0 Å². The number of aryl methyl sites for hydroxylation is 1. The van der Waals surface area contributed by atoms with Gasteiger partial charge in [-0.2, -0.15) is 5.10 Å². The Morgan fingerprint density at radius 3 is 2.85 bits per heavy atom. The molecular formula is C20H25N5O2. The van der Waals surface area contributed by atoms with Crippen molar-refractivity contribution in [2.75, 3.05) is 44.3 Å². The number of carbonyl (C=O) groups is 1. The van der Waals surface area contributed by atoms with E-state index in [1.165, 1.54) is 11.3 Å². The first-order chi connectivity index (χ1) is 13.3. The Kier molecular flexibility index (Phi) is 4.11. The number of hydrogen-bond acceptors (Lipinski definition) is 5. The first-order valence-electron chi connectivity index (χ1n) is 9.86. The van der Waals surface area contributed by atoms with Crippen molar-refractivity contribution in [2.45, 2.75) is 31.1 Å². The zero-order chi connectivity index (χ0) is 18.3. The van der Waals surface area contributed by atoms with E-state index in [0.717, 1.165) is 70.9 Å². The lowest BCUT2D eigenvalue weighted by Gasteiger charge is -2.40. The second-order valence-corrected chi connectivity index (χ2v) is 7.89. The number of pyridine rings is 1. The van der Waals surface area contributed by atoms with E-state index in [4.69, 9.17) is 4.74 Å². The molecule has 0 radical (unpaired) electrons. The molecule has 4 heterocycles.